The lowest BCUT2D eigenvalue weighted by Gasteiger charge is -2.23. The van der Waals surface area contributed by atoms with Crippen molar-refractivity contribution in [2.75, 3.05) is 19.7 Å². The summed E-state index contributed by atoms with van der Waals surface area (Å²) in [6, 6.07) is 3.51. The van der Waals surface area contributed by atoms with Crippen molar-refractivity contribution in [2.24, 2.45) is 5.41 Å². The molecule has 0 aliphatic carbocycles. The highest BCUT2D eigenvalue weighted by Gasteiger charge is 2.18. The standard InChI is InChI=1S/C16H22ClFN2O3/c1-16(2,6-8-21)10-20-14(22)5-7-19-15(23)12-4-3-11(18)9-13(12)17/h3-4,9,21H,5-8,10H2,1-2H3,(H,19,23)(H,20,22). The minimum Gasteiger partial charge on any atom is -0.396 e. The van der Waals surface area contributed by atoms with Crippen LogP contribution >= 0.6 is 11.6 Å². The van der Waals surface area contributed by atoms with Crippen LogP contribution in [0.15, 0.2) is 18.2 Å². The molecule has 128 valence electrons. The fourth-order valence-electron chi connectivity index (χ4n) is 1.88. The van der Waals surface area contributed by atoms with Crippen LogP contribution in [0.4, 0.5) is 4.39 Å². The van der Waals surface area contributed by atoms with Crippen LogP contribution in [0.3, 0.4) is 0 Å². The molecule has 0 saturated carbocycles. The first-order valence-corrected chi connectivity index (χ1v) is 7.74. The third-order valence-electron chi connectivity index (χ3n) is 3.37. The molecule has 5 nitrogen and oxygen atoms in total. The molecule has 0 spiro atoms. The van der Waals surface area contributed by atoms with Gasteiger partial charge in [0.1, 0.15) is 5.82 Å². The van der Waals surface area contributed by atoms with Gasteiger partial charge in [0.05, 0.1) is 10.6 Å². The zero-order chi connectivity index (χ0) is 17.5. The number of aliphatic hydroxyl groups excluding tert-OH is 1. The van der Waals surface area contributed by atoms with Crippen molar-refractivity contribution in [1.29, 1.82) is 0 Å². The first-order valence-electron chi connectivity index (χ1n) is 7.36. The third-order valence-corrected chi connectivity index (χ3v) is 3.68. The number of carbonyl (C=O) groups is 2. The number of aliphatic hydroxyl groups is 1. The van der Waals surface area contributed by atoms with Gasteiger partial charge in [0.25, 0.3) is 5.91 Å². The molecule has 0 radical (unpaired) electrons. The van der Waals surface area contributed by atoms with E-state index in [-0.39, 0.29) is 41.5 Å². The van der Waals surface area contributed by atoms with E-state index in [0.29, 0.717) is 13.0 Å². The Morgan fingerprint density at radius 2 is 2.00 bits per heavy atom. The molecule has 0 heterocycles. The lowest BCUT2D eigenvalue weighted by atomic mass is 9.90. The van der Waals surface area contributed by atoms with Crippen molar-refractivity contribution in [3.63, 3.8) is 0 Å². The monoisotopic (exact) mass is 344 g/mol. The lowest BCUT2D eigenvalue weighted by molar-refractivity contribution is -0.121. The van der Waals surface area contributed by atoms with Crippen LogP contribution in [0.5, 0.6) is 0 Å². The molecule has 0 aliphatic rings. The summed E-state index contributed by atoms with van der Waals surface area (Å²) in [5, 5.41) is 14.3. The van der Waals surface area contributed by atoms with Gasteiger partial charge < -0.3 is 15.7 Å². The highest BCUT2D eigenvalue weighted by Crippen LogP contribution is 2.18. The number of benzene rings is 1. The minimum atomic E-state index is -0.517. The zero-order valence-electron chi connectivity index (χ0n) is 13.3. The van der Waals surface area contributed by atoms with E-state index < -0.39 is 11.7 Å². The predicted octanol–water partition coefficient (Wildman–Crippen LogP) is 2.12. The highest BCUT2D eigenvalue weighted by atomic mass is 35.5. The van der Waals surface area contributed by atoms with E-state index in [4.69, 9.17) is 16.7 Å². The molecule has 0 aromatic heterocycles. The molecule has 23 heavy (non-hydrogen) atoms. The van der Waals surface area contributed by atoms with Crippen LogP contribution in [0.1, 0.15) is 37.0 Å². The molecule has 0 fully saturated rings. The van der Waals surface area contributed by atoms with Gasteiger partial charge in [-0.15, -0.1) is 0 Å². The van der Waals surface area contributed by atoms with E-state index in [9.17, 15) is 14.0 Å². The molecule has 7 heteroatoms. The Kier molecular flexibility index (Phi) is 7.45. The second-order valence-electron chi connectivity index (χ2n) is 6.04. The smallest absolute Gasteiger partial charge is 0.252 e. The summed E-state index contributed by atoms with van der Waals surface area (Å²) >= 11 is 5.79. The van der Waals surface area contributed by atoms with Crippen molar-refractivity contribution >= 4 is 23.4 Å². The van der Waals surface area contributed by atoms with Crippen molar-refractivity contribution in [3.8, 4) is 0 Å². The van der Waals surface area contributed by atoms with Crippen molar-refractivity contribution < 1.29 is 19.1 Å². The summed E-state index contributed by atoms with van der Waals surface area (Å²) in [4.78, 5) is 23.6. The molecule has 0 unspecified atom stereocenters. The molecule has 3 N–H and O–H groups in total. The van der Waals surface area contributed by atoms with Gasteiger partial charge in [-0.25, -0.2) is 4.39 Å². The molecule has 1 rings (SSSR count). The Balaban J connectivity index is 2.36. The number of hydrogen-bond acceptors (Lipinski definition) is 3. The largest absolute Gasteiger partial charge is 0.396 e. The van der Waals surface area contributed by atoms with Crippen LogP contribution in [-0.4, -0.2) is 36.6 Å². The zero-order valence-corrected chi connectivity index (χ0v) is 14.0. The average Bonchev–Trinajstić information content (AvgIpc) is 2.45. The Labute approximate surface area is 140 Å². The second-order valence-corrected chi connectivity index (χ2v) is 6.45. The maximum atomic E-state index is 12.9. The molecule has 0 saturated heterocycles. The summed E-state index contributed by atoms with van der Waals surface area (Å²) in [5.41, 5.74) is -0.0208. The van der Waals surface area contributed by atoms with Gasteiger partial charge >= 0.3 is 0 Å². The fraction of sp³-hybridized carbons (Fsp3) is 0.500. The summed E-state index contributed by atoms with van der Waals surface area (Å²) in [7, 11) is 0. The Bertz CT molecular complexity index is 564. The summed E-state index contributed by atoms with van der Waals surface area (Å²) < 4.78 is 12.9. The van der Waals surface area contributed by atoms with Gasteiger partial charge in [-0.05, 0) is 30.0 Å². The number of hydrogen-bond donors (Lipinski definition) is 3. The second kappa shape index (κ2) is 8.84. The van der Waals surface area contributed by atoms with E-state index >= 15 is 0 Å². The van der Waals surface area contributed by atoms with Crippen LogP contribution < -0.4 is 10.6 Å². The Morgan fingerprint density at radius 3 is 2.61 bits per heavy atom. The van der Waals surface area contributed by atoms with Gasteiger partial charge in [-0.2, -0.15) is 0 Å². The van der Waals surface area contributed by atoms with Crippen LogP contribution in [0, 0.1) is 11.2 Å². The molecule has 0 bridgehead atoms. The minimum absolute atomic E-state index is 0.0257. The normalized spacial score (nSPS) is 11.2. The maximum Gasteiger partial charge on any atom is 0.252 e. The SMILES string of the molecule is CC(C)(CCO)CNC(=O)CCNC(=O)c1ccc(F)cc1Cl. The van der Waals surface area contributed by atoms with Crippen LogP contribution in [-0.2, 0) is 4.79 Å². The summed E-state index contributed by atoms with van der Waals surface area (Å²) in [5.74, 6) is -1.17. The molecule has 0 atom stereocenters. The average molecular weight is 345 g/mol. The number of halogens is 2. The van der Waals surface area contributed by atoms with E-state index in [0.717, 1.165) is 12.1 Å². The van der Waals surface area contributed by atoms with E-state index in [1.165, 1.54) is 6.07 Å². The maximum absolute atomic E-state index is 12.9. The van der Waals surface area contributed by atoms with E-state index in [2.05, 4.69) is 10.6 Å². The quantitative estimate of drug-likeness (QED) is 0.676. The number of amides is 2. The molecule has 1 aromatic rings. The number of nitrogens with one attached hydrogen (secondary N) is 2. The van der Waals surface area contributed by atoms with Crippen molar-refractivity contribution in [2.45, 2.75) is 26.7 Å². The molecular weight excluding hydrogens is 323 g/mol. The van der Waals surface area contributed by atoms with Crippen LogP contribution in [0.2, 0.25) is 5.02 Å². The molecule has 1 aromatic carbocycles. The topological polar surface area (TPSA) is 78.4 Å². The fourth-order valence-corrected chi connectivity index (χ4v) is 2.13. The van der Waals surface area contributed by atoms with E-state index in [1.54, 1.807) is 0 Å². The van der Waals surface area contributed by atoms with Crippen molar-refractivity contribution in [1.82, 2.24) is 10.6 Å². The Hall–Kier alpha value is -1.66. The predicted molar refractivity (Wildman–Crippen MR) is 86.9 cm³/mol. The molecular formula is C16H22ClFN2O3. The molecule has 0 aliphatic heterocycles. The number of rotatable bonds is 8. The third kappa shape index (κ3) is 6.97. The van der Waals surface area contributed by atoms with Gasteiger partial charge in [0, 0.05) is 26.1 Å². The Morgan fingerprint density at radius 1 is 1.30 bits per heavy atom. The van der Waals surface area contributed by atoms with E-state index in [1.807, 2.05) is 13.8 Å². The number of carbonyl (C=O) groups excluding carboxylic acids is 2. The van der Waals surface area contributed by atoms with Gasteiger partial charge in [-0.3, -0.25) is 9.59 Å². The molecule has 2 amide bonds. The first-order chi connectivity index (χ1) is 10.7. The van der Waals surface area contributed by atoms with Gasteiger partial charge in [0.2, 0.25) is 5.91 Å². The summed E-state index contributed by atoms with van der Waals surface area (Å²) in [6.07, 6.45) is 0.715. The first kappa shape index (κ1) is 19.4. The van der Waals surface area contributed by atoms with Crippen molar-refractivity contribution in [3.05, 3.63) is 34.6 Å². The lowest BCUT2D eigenvalue weighted by Crippen LogP contribution is -2.36. The highest BCUT2D eigenvalue weighted by molar-refractivity contribution is 6.33. The van der Waals surface area contributed by atoms with Gasteiger partial charge in [0.15, 0.2) is 0 Å². The van der Waals surface area contributed by atoms with Crippen LogP contribution in [0.25, 0.3) is 0 Å². The summed E-state index contributed by atoms with van der Waals surface area (Å²) in [6.45, 7) is 4.56. The van der Waals surface area contributed by atoms with Gasteiger partial charge in [-0.1, -0.05) is 25.4 Å².